The van der Waals surface area contributed by atoms with Gasteiger partial charge in [0.25, 0.3) is 0 Å². The molecule has 0 saturated heterocycles. The number of hydrogen-bond donors (Lipinski definition) is 0. The Labute approximate surface area is 102 Å². The first kappa shape index (κ1) is 12.1. The van der Waals surface area contributed by atoms with E-state index in [1.54, 1.807) is 12.1 Å². The molecule has 90 valence electrons. The molecule has 0 saturated carbocycles. The first-order chi connectivity index (χ1) is 7.91. The maximum atomic E-state index is 13.0. The molecule has 2 aromatic rings. The van der Waals surface area contributed by atoms with E-state index in [-0.39, 0.29) is 16.4 Å². The summed E-state index contributed by atoms with van der Waals surface area (Å²) in [5.74, 6) is -0.0656. The van der Waals surface area contributed by atoms with E-state index in [0.29, 0.717) is 5.39 Å². The summed E-state index contributed by atoms with van der Waals surface area (Å²) in [5.41, 5.74) is 0.287. The summed E-state index contributed by atoms with van der Waals surface area (Å²) < 4.78 is 39.7. The number of halogens is 2. The van der Waals surface area contributed by atoms with Gasteiger partial charge in [-0.1, -0.05) is 11.6 Å². The molecule has 0 bridgehead atoms. The first-order valence-electron chi connectivity index (χ1n) is 4.51. The zero-order valence-electron chi connectivity index (χ0n) is 8.65. The number of rotatable bonds is 2. The molecule has 0 aliphatic carbocycles. The molecule has 0 amide bonds. The minimum atomic E-state index is -4.86. The average Bonchev–Trinajstić information content (AvgIpc) is 2.26. The van der Waals surface area contributed by atoms with E-state index < -0.39 is 15.1 Å². The van der Waals surface area contributed by atoms with Crippen LogP contribution in [0.25, 0.3) is 10.9 Å². The van der Waals surface area contributed by atoms with Gasteiger partial charge in [-0.05, 0) is 24.3 Å². The highest BCUT2D eigenvalue weighted by molar-refractivity contribution is 7.86. The molecule has 1 aromatic heterocycles. The Bertz CT molecular complexity index is 687. The van der Waals surface area contributed by atoms with E-state index in [1.165, 1.54) is 13.2 Å². The first-order valence-corrected chi connectivity index (χ1v) is 6.27. The second-order valence-corrected chi connectivity index (χ2v) is 4.97. The van der Waals surface area contributed by atoms with Crippen LogP contribution in [0.1, 0.15) is 0 Å². The fourth-order valence-corrected chi connectivity index (χ4v) is 2.25. The van der Waals surface area contributed by atoms with E-state index in [4.69, 9.17) is 16.3 Å². The number of fused-ring (bicyclic) bond motifs is 1. The maximum absolute atomic E-state index is 13.0. The van der Waals surface area contributed by atoms with Crippen molar-refractivity contribution in [1.82, 2.24) is 4.98 Å². The normalized spacial score (nSPS) is 11.7. The van der Waals surface area contributed by atoms with Gasteiger partial charge < -0.3 is 4.74 Å². The molecule has 0 atom stereocenters. The summed E-state index contributed by atoms with van der Waals surface area (Å²) in [4.78, 5) is 3.35. The molecule has 0 fully saturated rings. The third-order valence-corrected chi connectivity index (χ3v) is 3.26. The van der Waals surface area contributed by atoms with Crippen LogP contribution in [0.5, 0.6) is 5.75 Å². The summed E-state index contributed by atoms with van der Waals surface area (Å²) in [5, 5.41) is 0.809. The van der Waals surface area contributed by atoms with Gasteiger partial charge in [0, 0.05) is 5.39 Å². The van der Waals surface area contributed by atoms with Crippen LogP contribution in [-0.2, 0) is 10.2 Å². The van der Waals surface area contributed by atoms with Gasteiger partial charge in [-0.2, -0.15) is 8.42 Å². The fourth-order valence-electron chi connectivity index (χ4n) is 1.46. The van der Waals surface area contributed by atoms with Crippen LogP contribution in [0.4, 0.5) is 3.89 Å². The topological polar surface area (TPSA) is 56.3 Å². The van der Waals surface area contributed by atoms with Crippen molar-refractivity contribution in [3.63, 3.8) is 0 Å². The second kappa shape index (κ2) is 4.12. The van der Waals surface area contributed by atoms with E-state index in [9.17, 15) is 12.3 Å². The number of methoxy groups -OCH3 is 1. The molecule has 4 nitrogen and oxygen atoms in total. The predicted molar refractivity (Wildman–Crippen MR) is 61.6 cm³/mol. The van der Waals surface area contributed by atoms with Crippen LogP contribution in [0.2, 0.25) is 5.15 Å². The van der Waals surface area contributed by atoms with Crippen LogP contribution in [-0.4, -0.2) is 20.5 Å². The van der Waals surface area contributed by atoms with Gasteiger partial charge in [0.2, 0.25) is 0 Å². The van der Waals surface area contributed by atoms with Crippen LogP contribution in [0.15, 0.2) is 29.2 Å². The summed E-state index contributed by atoms with van der Waals surface area (Å²) >= 11 is 5.67. The Morgan fingerprint density at radius 2 is 2.06 bits per heavy atom. The molecule has 0 spiro atoms. The zero-order valence-corrected chi connectivity index (χ0v) is 10.2. The van der Waals surface area contributed by atoms with Crippen molar-refractivity contribution in [3.05, 3.63) is 29.4 Å². The van der Waals surface area contributed by atoms with Crippen LogP contribution < -0.4 is 4.74 Å². The minimum Gasteiger partial charge on any atom is -0.495 e. The van der Waals surface area contributed by atoms with Gasteiger partial charge in [-0.3, -0.25) is 0 Å². The Hall–Kier alpha value is -1.40. The van der Waals surface area contributed by atoms with Crippen molar-refractivity contribution in [1.29, 1.82) is 0 Å². The summed E-state index contributed by atoms with van der Waals surface area (Å²) in [7, 11) is -3.59. The molecule has 0 unspecified atom stereocenters. The zero-order chi connectivity index (χ0) is 12.6. The Kier molecular flexibility index (Phi) is 2.92. The predicted octanol–water partition coefficient (Wildman–Crippen LogP) is 2.56. The lowest BCUT2D eigenvalue weighted by Crippen LogP contribution is -1.97. The molecule has 0 aliphatic heterocycles. The van der Waals surface area contributed by atoms with E-state index in [1.807, 2.05) is 0 Å². The van der Waals surface area contributed by atoms with Crippen LogP contribution in [0.3, 0.4) is 0 Å². The lowest BCUT2D eigenvalue weighted by molar-refractivity contribution is 0.402. The highest BCUT2D eigenvalue weighted by Crippen LogP contribution is 2.30. The highest BCUT2D eigenvalue weighted by Gasteiger charge is 2.19. The third-order valence-electron chi connectivity index (χ3n) is 2.20. The Balaban J connectivity index is 2.83. The van der Waals surface area contributed by atoms with Gasteiger partial charge in [0.1, 0.15) is 15.8 Å². The van der Waals surface area contributed by atoms with Crippen molar-refractivity contribution < 1.29 is 17.0 Å². The molecule has 0 N–H and O–H groups in total. The van der Waals surface area contributed by atoms with Gasteiger partial charge in [-0.15, -0.1) is 3.89 Å². The van der Waals surface area contributed by atoms with E-state index >= 15 is 0 Å². The molecule has 1 heterocycles. The van der Waals surface area contributed by atoms with Crippen molar-refractivity contribution in [2.24, 2.45) is 0 Å². The molecular weight excluding hydrogens is 269 g/mol. The maximum Gasteiger partial charge on any atom is 0.335 e. The van der Waals surface area contributed by atoms with Gasteiger partial charge in [0.05, 0.1) is 12.6 Å². The number of hydrogen-bond acceptors (Lipinski definition) is 4. The second-order valence-electron chi connectivity index (χ2n) is 3.27. The van der Waals surface area contributed by atoms with Gasteiger partial charge in [-0.25, -0.2) is 4.98 Å². The molecule has 17 heavy (non-hydrogen) atoms. The number of benzene rings is 1. The van der Waals surface area contributed by atoms with E-state index in [0.717, 1.165) is 6.07 Å². The van der Waals surface area contributed by atoms with Crippen molar-refractivity contribution >= 4 is 32.7 Å². The van der Waals surface area contributed by atoms with Gasteiger partial charge in [0.15, 0.2) is 0 Å². The average molecular weight is 276 g/mol. The summed E-state index contributed by atoms with van der Waals surface area (Å²) in [6.07, 6.45) is 0. The Morgan fingerprint density at radius 3 is 2.65 bits per heavy atom. The smallest absolute Gasteiger partial charge is 0.335 e. The molecule has 0 radical (unpaired) electrons. The quantitative estimate of drug-likeness (QED) is 0.624. The lowest BCUT2D eigenvalue weighted by atomic mass is 10.2. The largest absolute Gasteiger partial charge is 0.495 e. The molecule has 0 aliphatic rings. The van der Waals surface area contributed by atoms with Crippen molar-refractivity contribution in [3.8, 4) is 5.75 Å². The summed E-state index contributed by atoms with van der Waals surface area (Å²) in [6, 6.07) is 5.68. The number of ether oxygens (including phenoxy) is 1. The lowest BCUT2D eigenvalue weighted by Gasteiger charge is -2.06. The third kappa shape index (κ3) is 2.32. The molecule has 7 heteroatoms. The van der Waals surface area contributed by atoms with Crippen LogP contribution in [0, 0.1) is 0 Å². The monoisotopic (exact) mass is 275 g/mol. The molecular formula is C10H7ClFNO3S. The summed E-state index contributed by atoms with van der Waals surface area (Å²) in [6.45, 7) is 0. The molecule has 2 rings (SSSR count). The Morgan fingerprint density at radius 1 is 1.35 bits per heavy atom. The highest BCUT2D eigenvalue weighted by atomic mass is 35.5. The van der Waals surface area contributed by atoms with Crippen molar-refractivity contribution in [2.75, 3.05) is 7.11 Å². The number of nitrogens with zero attached hydrogens (tertiary/aromatic N) is 1. The number of aromatic nitrogens is 1. The number of pyridine rings is 1. The SMILES string of the molecule is COc1cc2ccc(Cl)nc2cc1S(=O)(=O)F. The van der Waals surface area contributed by atoms with E-state index in [2.05, 4.69) is 4.98 Å². The van der Waals surface area contributed by atoms with Gasteiger partial charge >= 0.3 is 10.2 Å². The van der Waals surface area contributed by atoms with Crippen LogP contribution >= 0.6 is 11.6 Å². The molecule has 1 aromatic carbocycles. The van der Waals surface area contributed by atoms with Crippen molar-refractivity contribution in [2.45, 2.75) is 4.90 Å². The standard InChI is InChI=1S/C10H7ClFNO3S/c1-16-8-4-6-2-3-10(11)13-7(6)5-9(8)17(12,14)15/h2-5H,1H3. The minimum absolute atomic E-state index is 0.0656. The fraction of sp³-hybridized carbons (Fsp3) is 0.100.